The van der Waals surface area contributed by atoms with Crippen molar-refractivity contribution in [2.24, 2.45) is 11.8 Å². The van der Waals surface area contributed by atoms with E-state index in [-0.39, 0.29) is 6.10 Å². The first-order chi connectivity index (χ1) is 6.77. The summed E-state index contributed by atoms with van der Waals surface area (Å²) in [4.78, 5) is 0. The summed E-state index contributed by atoms with van der Waals surface area (Å²) in [5.74, 6) is 4.02. The lowest BCUT2D eigenvalue weighted by Crippen LogP contribution is -2.28. The molecule has 1 rings (SSSR count). The maximum atomic E-state index is 9.83. The molecule has 1 N–H and O–H groups in total. The topological polar surface area (TPSA) is 20.2 Å². The third kappa shape index (κ3) is 3.35. The van der Waals surface area contributed by atoms with Gasteiger partial charge < -0.3 is 5.11 Å². The van der Waals surface area contributed by atoms with E-state index in [4.69, 9.17) is 6.42 Å². The van der Waals surface area contributed by atoms with Gasteiger partial charge in [-0.2, -0.15) is 0 Å². The minimum atomic E-state index is -0.0597. The summed E-state index contributed by atoms with van der Waals surface area (Å²) >= 11 is 0. The maximum absolute atomic E-state index is 9.83. The number of aliphatic hydroxyl groups excluding tert-OH is 1. The van der Waals surface area contributed by atoms with Gasteiger partial charge in [-0.3, -0.25) is 0 Å². The summed E-state index contributed by atoms with van der Waals surface area (Å²) in [6, 6.07) is 0. The minimum Gasteiger partial charge on any atom is -0.393 e. The van der Waals surface area contributed by atoms with E-state index in [1.807, 2.05) is 0 Å². The van der Waals surface area contributed by atoms with Crippen LogP contribution in [-0.2, 0) is 0 Å². The molecule has 1 heteroatoms. The van der Waals surface area contributed by atoms with Crippen LogP contribution in [0.5, 0.6) is 0 Å². The Kier molecular flexibility index (Phi) is 5.04. The quantitative estimate of drug-likeness (QED) is 0.539. The number of aliphatic hydroxyl groups is 1. The van der Waals surface area contributed by atoms with Crippen molar-refractivity contribution in [3.63, 3.8) is 0 Å². The predicted octanol–water partition coefficient (Wildman–Crippen LogP) is 2.98. The smallest absolute Gasteiger partial charge is 0.0568 e. The van der Waals surface area contributed by atoms with Gasteiger partial charge in [-0.1, -0.05) is 13.3 Å². The lowest BCUT2D eigenvalue weighted by Gasteiger charge is -2.32. The zero-order valence-corrected chi connectivity index (χ0v) is 9.21. The van der Waals surface area contributed by atoms with E-state index >= 15 is 0 Å². The van der Waals surface area contributed by atoms with E-state index in [1.54, 1.807) is 0 Å². The van der Waals surface area contributed by atoms with E-state index in [2.05, 4.69) is 12.8 Å². The molecule has 80 valence electrons. The molecule has 1 nitrogen and oxygen atoms in total. The van der Waals surface area contributed by atoms with Gasteiger partial charge in [0.25, 0.3) is 0 Å². The Labute approximate surface area is 87.9 Å². The molecule has 0 spiro atoms. The molecule has 14 heavy (non-hydrogen) atoms. The van der Waals surface area contributed by atoms with Gasteiger partial charge in [-0.05, 0) is 43.9 Å². The van der Waals surface area contributed by atoms with Gasteiger partial charge in [0.05, 0.1) is 6.10 Å². The molecule has 1 aliphatic rings. The average molecular weight is 194 g/mol. The van der Waals surface area contributed by atoms with E-state index in [0.29, 0.717) is 5.92 Å². The molecule has 1 aliphatic carbocycles. The number of hydrogen-bond acceptors (Lipinski definition) is 1. The van der Waals surface area contributed by atoms with Crippen molar-refractivity contribution in [3.05, 3.63) is 0 Å². The first-order valence-corrected chi connectivity index (χ1v) is 5.89. The molecule has 0 bridgehead atoms. The van der Waals surface area contributed by atoms with E-state index in [1.165, 1.54) is 19.3 Å². The summed E-state index contributed by atoms with van der Waals surface area (Å²) in [5.41, 5.74) is 0. The van der Waals surface area contributed by atoms with Crippen LogP contribution in [0.1, 0.15) is 51.9 Å². The Hall–Kier alpha value is -0.480. The molecule has 0 aromatic carbocycles. The molecule has 0 aromatic rings. The first kappa shape index (κ1) is 11.6. The average Bonchev–Trinajstić information content (AvgIpc) is 2.21. The zero-order valence-electron chi connectivity index (χ0n) is 9.21. The van der Waals surface area contributed by atoms with Crippen molar-refractivity contribution in [2.75, 3.05) is 0 Å². The van der Waals surface area contributed by atoms with Crippen molar-refractivity contribution < 1.29 is 5.11 Å². The van der Waals surface area contributed by atoms with Crippen LogP contribution in [0.3, 0.4) is 0 Å². The summed E-state index contributed by atoms with van der Waals surface area (Å²) in [6.07, 6.45) is 12.9. The van der Waals surface area contributed by atoms with Crippen molar-refractivity contribution in [2.45, 2.75) is 58.0 Å². The fourth-order valence-electron chi connectivity index (χ4n) is 2.49. The molecule has 3 atom stereocenters. The van der Waals surface area contributed by atoms with Crippen LogP contribution in [0.15, 0.2) is 0 Å². The van der Waals surface area contributed by atoms with Crippen LogP contribution < -0.4 is 0 Å². The summed E-state index contributed by atoms with van der Waals surface area (Å²) in [7, 11) is 0. The normalized spacial score (nSPS) is 32.5. The highest BCUT2D eigenvalue weighted by molar-refractivity contribution is 4.85. The predicted molar refractivity (Wildman–Crippen MR) is 59.8 cm³/mol. The van der Waals surface area contributed by atoms with E-state index in [0.717, 1.165) is 31.6 Å². The maximum Gasteiger partial charge on any atom is 0.0568 e. The highest BCUT2D eigenvalue weighted by atomic mass is 16.3. The molecule has 0 aromatic heterocycles. The molecular formula is C13H22O. The van der Waals surface area contributed by atoms with Crippen molar-refractivity contribution >= 4 is 0 Å². The second-order valence-electron chi connectivity index (χ2n) is 4.51. The molecular weight excluding hydrogens is 172 g/mol. The third-order valence-electron chi connectivity index (χ3n) is 3.52. The molecule has 0 heterocycles. The minimum absolute atomic E-state index is 0.0597. The van der Waals surface area contributed by atoms with Gasteiger partial charge in [0, 0.05) is 6.42 Å². The van der Waals surface area contributed by atoms with Gasteiger partial charge in [-0.15, -0.1) is 12.3 Å². The third-order valence-corrected chi connectivity index (χ3v) is 3.52. The first-order valence-electron chi connectivity index (χ1n) is 5.89. The van der Waals surface area contributed by atoms with E-state index < -0.39 is 0 Å². The number of unbranched alkanes of at least 4 members (excludes halogenated alkanes) is 1. The molecule has 1 fully saturated rings. The van der Waals surface area contributed by atoms with Crippen molar-refractivity contribution in [1.82, 2.24) is 0 Å². The largest absolute Gasteiger partial charge is 0.393 e. The van der Waals surface area contributed by atoms with Crippen molar-refractivity contribution in [1.29, 1.82) is 0 Å². The van der Waals surface area contributed by atoms with Crippen LogP contribution >= 0.6 is 0 Å². The van der Waals surface area contributed by atoms with Crippen LogP contribution in [0.2, 0.25) is 0 Å². The Morgan fingerprint density at radius 1 is 1.43 bits per heavy atom. The fourth-order valence-corrected chi connectivity index (χ4v) is 2.49. The monoisotopic (exact) mass is 194 g/mol. The molecule has 1 saturated carbocycles. The Morgan fingerprint density at radius 3 is 2.86 bits per heavy atom. The van der Waals surface area contributed by atoms with Gasteiger partial charge in [0.15, 0.2) is 0 Å². The Balaban J connectivity index is 2.29. The fraction of sp³-hybridized carbons (Fsp3) is 0.846. The van der Waals surface area contributed by atoms with Gasteiger partial charge in [0.1, 0.15) is 0 Å². The molecule has 3 unspecified atom stereocenters. The van der Waals surface area contributed by atoms with Crippen LogP contribution in [-0.4, -0.2) is 11.2 Å². The standard InChI is InChI=1S/C13H22O/c1-3-5-6-7-12-10-11(4-2)8-9-13(12)14/h1,11-14H,4-10H2,2H3. The van der Waals surface area contributed by atoms with Gasteiger partial charge >= 0.3 is 0 Å². The van der Waals surface area contributed by atoms with Gasteiger partial charge in [0.2, 0.25) is 0 Å². The van der Waals surface area contributed by atoms with E-state index in [9.17, 15) is 5.11 Å². The molecule has 0 radical (unpaired) electrons. The molecule has 0 aliphatic heterocycles. The summed E-state index contributed by atoms with van der Waals surface area (Å²) < 4.78 is 0. The highest BCUT2D eigenvalue weighted by Gasteiger charge is 2.27. The summed E-state index contributed by atoms with van der Waals surface area (Å²) in [5, 5.41) is 9.83. The molecule has 0 saturated heterocycles. The van der Waals surface area contributed by atoms with Crippen molar-refractivity contribution in [3.8, 4) is 12.3 Å². The SMILES string of the molecule is C#CCCCC1CC(CC)CCC1O. The highest BCUT2D eigenvalue weighted by Crippen LogP contribution is 2.33. The van der Waals surface area contributed by atoms with Crippen LogP contribution in [0.4, 0.5) is 0 Å². The lowest BCUT2D eigenvalue weighted by atomic mass is 9.76. The summed E-state index contributed by atoms with van der Waals surface area (Å²) in [6.45, 7) is 2.25. The van der Waals surface area contributed by atoms with Gasteiger partial charge in [-0.25, -0.2) is 0 Å². The second-order valence-corrected chi connectivity index (χ2v) is 4.51. The van der Waals surface area contributed by atoms with Crippen LogP contribution in [0, 0.1) is 24.2 Å². The molecule has 0 amide bonds. The second kappa shape index (κ2) is 6.09. The lowest BCUT2D eigenvalue weighted by molar-refractivity contribution is 0.0423. The number of rotatable bonds is 4. The Bertz CT molecular complexity index is 192. The zero-order chi connectivity index (χ0) is 10.4. The number of hydrogen-bond donors (Lipinski definition) is 1. The van der Waals surface area contributed by atoms with Crippen LogP contribution in [0.25, 0.3) is 0 Å². The number of terminal acetylenes is 1. The Morgan fingerprint density at radius 2 is 2.21 bits per heavy atom.